The molecule has 0 saturated carbocycles. The fourth-order valence-electron chi connectivity index (χ4n) is 9.57. The van der Waals surface area contributed by atoms with Crippen molar-refractivity contribution in [1.29, 1.82) is 0 Å². The average Bonchev–Trinajstić information content (AvgIpc) is 4.01. The largest absolute Gasteiger partial charge is 0.495 e. The number of hydrogen-bond donors (Lipinski definition) is 4. The van der Waals surface area contributed by atoms with Crippen molar-refractivity contribution in [1.82, 2.24) is 20.4 Å². The van der Waals surface area contributed by atoms with Gasteiger partial charge < -0.3 is 73.5 Å². The number of carbonyl (C=O) groups excluding carboxylic acids is 7. The molecule has 1 aromatic carbocycles. The summed E-state index contributed by atoms with van der Waals surface area (Å²) in [5.74, 6) is -3.01. The molecule has 6 amide bonds. The van der Waals surface area contributed by atoms with Crippen molar-refractivity contribution in [2.45, 2.75) is 133 Å². The highest BCUT2D eigenvalue weighted by Gasteiger charge is 2.64. The van der Waals surface area contributed by atoms with E-state index in [9.17, 15) is 38.7 Å². The number of nitrogens with zero attached hydrogens (tertiary/aromatic N) is 3. The molecule has 4 heterocycles. The number of esters is 1. The number of aliphatic hydroxyl groups is 1. The molecule has 1 aromatic rings. The summed E-state index contributed by atoms with van der Waals surface area (Å²) in [5, 5.41) is 17.4. The van der Waals surface area contributed by atoms with Crippen molar-refractivity contribution in [3.8, 4) is 5.75 Å². The SMILES string of the molecule is COc1cc2cc(c1Cl)N(C)C(=O)C[C@H](OC(=O)[C@H](C)N(C)C(=O)CCCC(=O)N1CCC[C@@H]1C(=O)NCCOCCOCCOCCOCCC(N)=O)[C@]1(C)O[C@H]1[C@H](C)[C@@H]1C[C@@](O)(NC(=O)O1)[C@H](OC)/C=C/C=C(\C)C2. The minimum Gasteiger partial charge on any atom is -0.495 e. The van der Waals surface area contributed by atoms with Gasteiger partial charge in [0.05, 0.1) is 78.2 Å². The molecule has 24 heteroatoms. The van der Waals surface area contributed by atoms with Gasteiger partial charge in [0.1, 0.15) is 46.8 Å². The third kappa shape index (κ3) is 17.5. The summed E-state index contributed by atoms with van der Waals surface area (Å²) in [6, 6.07) is 1.74. The number of nitrogens with one attached hydrogen (secondary N) is 2. The van der Waals surface area contributed by atoms with Crippen LogP contribution in [0.5, 0.6) is 5.75 Å². The average molecular weight is 1110 g/mol. The Morgan fingerprint density at radius 2 is 1.66 bits per heavy atom. The number of allylic oxidation sites excluding steroid dienone is 3. The van der Waals surface area contributed by atoms with Gasteiger partial charge >= 0.3 is 12.1 Å². The number of carbonyl (C=O) groups is 7. The lowest BCUT2D eigenvalue weighted by molar-refractivity contribution is -0.162. The third-order valence-electron chi connectivity index (χ3n) is 14.3. The first-order chi connectivity index (χ1) is 36.6. The van der Waals surface area contributed by atoms with Crippen molar-refractivity contribution < 1.29 is 81.3 Å². The summed E-state index contributed by atoms with van der Waals surface area (Å²) in [5.41, 5.74) is 3.87. The second kappa shape index (κ2) is 29.5. The normalized spacial score (nSPS) is 27.0. The molecule has 0 unspecified atom stereocenters. The van der Waals surface area contributed by atoms with E-state index in [-0.39, 0.29) is 75.1 Å². The van der Waals surface area contributed by atoms with Gasteiger partial charge in [-0.05, 0) is 64.2 Å². The number of ether oxygens (including phenoxy) is 9. The Kier molecular flexibility index (Phi) is 24.0. The van der Waals surface area contributed by atoms with Crippen LogP contribution in [0.2, 0.25) is 5.02 Å². The zero-order valence-corrected chi connectivity index (χ0v) is 46.4. The summed E-state index contributed by atoms with van der Waals surface area (Å²) in [4.78, 5) is 96.4. The number of fused-ring (bicyclic) bond motifs is 5. The predicted octanol–water partition coefficient (Wildman–Crippen LogP) is 2.73. The molecule has 23 nitrogen and oxygen atoms in total. The zero-order chi connectivity index (χ0) is 56.5. The van der Waals surface area contributed by atoms with Crippen LogP contribution in [0.1, 0.15) is 84.6 Å². The highest BCUT2D eigenvalue weighted by Crippen LogP contribution is 2.49. The van der Waals surface area contributed by atoms with Crippen molar-refractivity contribution in [2.75, 3.05) is 99.2 Å². The first-order valence-corrected chi connectivity index (χ1v) is 26.5. The summed E-state index contributed by atoms with van der Waals surface area (Å²) >= 11 is 6.82. The van der Waals surface area contributed by atoms with Crippen LogP contribution in [-0.2, 0) is 73.1 Å². The quantitative estimate of drug-likeness (QED) is 0.0622. The van der Waals surface area contributed by atoms with E-state index in [1.54, 1.807) is 45.2 Å². The van der Waals surface area contributed by atoms with Crippen LogP contribution in [-0.4, -0.2) is 199 Å². The summed E-state index contributed by atoms with van der Waals surface area (Å²) in [7, 11) is 5.87. The number of epoxide rings is 1. The molecule has 4 bridgehead atoms. The van der Waals surface area contributed by atoms with E-state index in [0.717, 1.165) is 11.1 Å². The summed E-state index contributed by atoms with van der Waals surface area (Å²) in [6.07, 6.45) is 1.75. The minimum absolute atomic E-state index is 0.00422. The number of hydrogen-bond acceptors (Lipinski definition) is 17. The minimum atomic E-state index is -1.88. The number of rotatable bonds is 25. The van der Waals surface area contributed by atoms with Gasteiger partial charge in [-0.1, -0.05) is 42.3 Å². The Morgan fingerprint density at radius 1 is 1.00 bits per heavy atom. The number of halogens is 1. The van der Waals surface area contributed by atoms with Crippen molar-refractivity contribution >= 4 is 58.9 Å². The number of amides is 6. The maximum absolute atomic E-state index is 14.4. The molecular weight excluding hydrogens is 1030 g/mol. The van der Waals surface area contributed by atoms with Crippen molar-refractivity contribution in [3.63, 3.8) is 0 Å². The molecule has 5 N–H and O–H groups in total. The maximum Gasteiger partial charge on any atom is 0.409 e. The smallest absolute Gasteiger partial charge is 0.409 e. The Balaban J connectivity index is 1.15. The molecule has 0 aliphatic carbocycles. The molecule has 3 fully saturated rings. The fourth-order valence-corrected chi connectivity index (χ4v) is 9.88. The molecule has 4 aliphatic heterocycles. The van der Waals surface area contributed by atoms with Crippen LogP contribution < -0.4 is 26.0 Å². The van der Waals surface area contributed by atoms with Gasteiger partial charge in [-0.2, -0.15) is 0 Å². The van der Waals surface area contributed by atoms with Crippen LogP contribution in [0.4, 0.5) is 10.5 Å². The molecule has 0 radical (unpaired) electrons. The fraction of sp³-hybridized carbons (Fsp3) is 0.679. The second-order valence-corrected chi connectivity index (χ2v) is 20.3. The van der Waals surface area contributed by atoms with Gasteiger partial charge in [0.25, 0.3) is 0 Å². The molecule has 430 valence electrons. The van der Waals surface area contributed by atoms with Gasteiger partial charge in [-0.3, -0.25) is 29.3 Å². The first-order valence-electron chi connectivity index (χ1n) is 26.1. The number of likely N-dealkylation sites (N-methyl/N-ethyl adjacent to an activating group) is 1. The molecule has 0 aromatic heterocycles. The van der Waals surface area contributed by atoms with E-state index in [4.69, 9.17) is 60.0 Å². The highest BCUT2D eigenvalue weighted by atomic mass is 35.5. The topological polar surface area (TPSA) is 286 Å². The van der Waals surface area contributed by atoms with Gasteiger partial charge in [-0.15, -0.1) is 0 Å². The molecule has 0 spiro atoms. The van der Waals surface area contributed by atoms with E-state index in [1.807, 2.05) is 13.0 Å². The Bertz CT molecular complexity index is 2290. The van der Waals surface area contributed by atoms with Crippen molar-refractivity contribution in [3.05, 3.63) is 46.5 Å². The van der Waals surface area contributed by atoms with Crippen LogP contribution >= 0.6 is 11.6 Å². The number of benzene rings is 1. The van der Waals surface area contributed by atoms with Crippen LogP contribution in [0.3, 0.4) is 0 Å². The summed E-state index contributed by atoms with van der Waals surface area (Å²) in [6.45, 7) is 10.1. The standard InChI is InChI=1S/C53H79ClN6O17/c1-33-12-9-14-41(70-8)53(68)32-40(75-51(67)57-53)34(2)48-52(4,77-48)42(31-46(64)59(6)38-29-36(28-33)30-39(69-7)47(38)54)76-50(66)35(3)58(5)44(62)15-10-16-45(63)60-19-11-13-37(60)49(65)56-18-21-72-23-25-74-27-26-73-24-22-71-20-17-43(55)61/h9,12,14,29-30,34-35,37,40-42,48,68H,10-11,13,15-28,31-32H2,1-8H3,(H2,55,61)(H,56,65)(H,57,67)/b14-9+,33-12+/t34-,35+,37-,40+,41-,42+,48+,52+,53+/m1/s1. The zero-order valence-electron chi connectivity index (χ0n) is 45.6. The Morgan fingerprint density at radius 3 is 2.31 bits per heavy atom. The van der Waals surface area contributed by atoms with Crippen LogP contribution in [0.25, 0.3) is 0 Å². The van der Waals surface area contributed by atoms with E-state index in [1.165, 1.54) is 42.9 Å². The van der Waals surface area contributed by atoms with Crippen LogP contribution in [0, 0.1) is 5.92 Å². The number of likely N-dealkylation sites (tertiary alicyclic amines) is 1. The monoisotopic (exact) mass is 1110 g/mol. The Hall–Kier alpha value is -5.40. The number of primary amides is 1. The van der Waals surface area contributed by atoms with Gasteiger partial charge in [0, 0.05) is 65.9 Å². The molecule has 5 rings (SSSR count). The third-order valence-corrected chi connectivity index (χ3v) is 14.7. The van der Waals surface area contributed by atoms with Gasteiger partial charge in [0.2, 0.25) is 29.5 Å². The number of nitrogens with two attached hydrogens (primary N) is 1. The van der Waals surface area contributed by atoms with Gasteiger partial charge in [-0.25, -0.2) is 9.59 Å². The van der Waals surface area contributed by atoms with E-state index in [2.05, 4.69) is 10.6 Å². The summed E-state index contributed by atoms with van der Waals surface area (Å²) < 4.78 is 51.1. The lowest BCUT2D eigenvalue weighted by atomic mass is 9.83. The predicted molar refractivity (Wildman–Crippen MR) is 280 cm³/mol. The maximum atomic E-state index is 14.4. The van der Waals surface area contributed by atoms with Crippen molar-refractivity contribution in [2.24, 2.45) is 11.7 Å². The van der Waals surface area contributed by atoms with E-state index in [0.29, 0.717) is 76.9 Å². The molecule has 3 saturated heterocycles. The highest BCUT2D eigenvalue weighted by molar-refractivity contribution is 6.35. The molecule has 9 atom stereocenters. The Labute approximate surface area is 455 Å². The number of alkyl carbamates (subject to hydrolysis) is 1. The lowest BCUT2D eigenvalue weighted by Crippen LogP contribution is -2.63. The van der Waals surface area contributed by atoms with Gasteiger partial charge in [0.15, 0.2) is 5.72 Å². The second-order valence-electron chi connectivity index (χ2n) is 20.0. The molecule has 77 heavy (non-hydrogen) atoms. The van der Waals surface area contributed by atoms with E-state index < -0.39 is 83.5 Å². The molecule has 4 aliphatic rings. The molecular formula is C53H79ClN6O17. The lowest BCUT2D eigenvalue weighted by Gasteiger charge is -2.42. The number of anilines is 1. The van der Waals surface area contributed by atoms with E-state index >= 15 is 0 Å². The van der Waals surface area contributed by atoms with Crippen LogP contribution in [0.15, 0.2) is 35.9 Å². The number of methoxy groups -OCH3 is 2. The first kappa shape index (κ1) is 62.4.